The molecule has 1 aromatic rings. The second-order valence-corrected chi connectivity index (χ2v) is 6.87. The molecule has 0 aromatic heterocycles. The van der Waals surface area contributed by atoms with Gasteiger partial charge in [0.25, 0.3) is 0 Å². The molecule has 7 heteroatoms. The Morgan fingerprint density at radius 2 is 1.76 bits per heavy atom. The number of anilines is 1. The number of carbonyl (C=O) groups excluding carboxylic acids is 2. The molecule has 0 unspecified atom stereocenters. The monoisotopic (exact) mass is 348 g/mol. The van der Waals surface area contributed by atoms with Crippen molar-refractivity contribution in [1.82, 2.24) is 9.80 Å². The Labute approximate surface area is 147 Å². The van der Waals surface area contributed by atoms with E-state index in [-0.39, 0.29) is 11.9 Å². The lowest BCUT2D eigenvalue weighted by atomic mass is 9.83. The van der Waals surface area contributed by atoms with Gasteiger partial charge >= 0.3 is 6.03 Å². The van der Waals surface area contributed by atoms with Crippen LogP contribution in [0.15, 0.2) is 24.3 Å². The SMILES string of the molecule is NC(=O)C1(N2CCCCC2)CCN(C(=O)Nc2cccc(F)c2)CC1. The molecule has 2 aliphatic rings. The molecule has 25 heavy (non-hydrogen) atoms. The molecule has 0 saturated carbocycles. The summed E-state index contributed by atoms with van der Waals surface area (Å²) in [5.41, 5.74) is 5.53. The molecule has 3 amide bonds. The van der Waals surface area contributed by atoms with Crippen LogP contribution >= 0.6 is 0 Å². The summed E-state index contributed by atoms with van der Waals surface area (Å²) >= 11 is 0. The Morgan fingerprint density at radius 3 is 2.36 bits per heavy atom. The summed E-state index contributed by atoms with van der Waals surface area (Å²) in [6, 6.07) is 5.53. The molecule has 0 aliphatic carbocycles. The molecule has 136 valence electrons. The van der Waals surface area contributed by atoms with E-state index >= 15 is 0 Å². The maximum atomic E-state index is 13.2. The fraction of sp³-hybridized carbons (Fsp3) is 0.556. The highest BCUT2D eigenvalue weighted by molar-refractivity contribution is 5.90. The first-order valence-corrected chi connectivity index (χ1v) is 8.88. The van der Waals surface area contributed by atoms with Gasteiger partial charge in [-0.25, -0.2) is 9.18 Å². The number of halogens is 1. The fourth-order valence-electron chi connectivity index (χ4n) is 3.89. The molecule has 1 aromatic carbocycles. The van der Waals surface area contributed by atoms with Gasteiger partial charge in [-0.2, -0.15) is 0 Å². The number of piperidine rings is 2. The summed E-state index contributed by atoms with van der Waals surface area (Å²) in [6.45, 7) is 2.69. The number of urea groups is 1. The van der Waals surface area contributed by atoms with Crippen LogP contribution in [0.2, 0.25) is 0 Å². The van der Waals surface area contributed by atoms with Crippen LogP contribution < -0.4 is 11.1 Å². The van der Waals surface area contributed by atoms with Gasteiger partial charge in [0.15, 0.2) is 0 Å². The smallest absolute Gasteiger partial charge is 0.321 e. The van der Waals surface area contributed by atoms with Gasteiger partial charge in [0.05, 0.1) is 0 Å². The third-order valence-corrected chi connectivity index (χ3v) is 5.37. The molecule has 2 aliphatic heterocycles. The summed E-state index contributed by atoms with van der Waals surface area (Å²) in [4.78, 5) is 28.5. The van der Waals surface area contributed by atoms with Crippen molar-refractivity contribution in [2.75, 3.05) is 31.5 Å². The van der Waals surface area contributed by atoms with Crippen LogP contribution in [0.5, 0.6) is 0 Å². The van der Waals surface area contributed by atoms with Crippen LogP contribution in [0, 0.1) is 5.82 Å². The van der Waals surface area contributed by atoms with Gasteiger partial charge in [0.2, 0.25) is 5.91 Å². The average Bonchev–Trinajstić information content (AvgIpc) is 2.62. The van der Waals surface area contributed by atoms with Gasteiger partial charge in [0, 0.05) is 18.8 Å². The fourth-order valence-corrected chi connectivity index (χ4v) is 3.89. The standard InChI is InChI=1S/C18H25FN4O2/c19-14-5-4-6-15(13-14)21-17(25)22-11-7-18(8-12-22,16(20)24)23-9-2-1-3-10-23/h4-6,13H,1-3,7-12H2,(H2,20,24)(H,21,25). The van der Waals surface area contributed by atoms with Gasteiger partial charge < -0.3 is 16.0 Å². The normalized spacial score (nSPS) is 20.9. The lowest BCUT2D eigenvalue weighted by Crippen LogP contribution is -2.64. The van der Waals surface area contributed by atoms with Crippen LogP contribution in [0.3, 0.4) is 0 Å². The molecule has 2 fully saturated rings. The molecule has 3 rings (SSSR count). The highest BCUT2D eigenvalue weighted by atomic mass is 19.1. The zero-order valence-electron chi connectivity index (χ0n) is 14.3. The van der Waals surface area contributed by atoms with E-state index in [4.69, 9.17) is 5.73 Å². The van der Waals surface area contributed by atoms with Gasteiger partial charge in [-0.1, -0.05) is 12.5 Å². The van der Waals surface area contributed by atoms with E-state index in [2.05, 4.69) is 10.2 Å². The number of nitrogens with zero attached hydrogens (tertiary/aromatic N) is 2. The molecule has 6 nitrogen and oxygen atoms in total. The molecular weight excluding hydrogens is 323 g/mol. The van der Waals surface area contributed by atoms with E-state index in [0.29, 0.717) is 31.6 Å². The number of nitrogens with two attached hydrogens (primary N) is 1. The number of carbonyl (C=O) groups is 2. The Morgan fingerprint density at radius 1 is 1.08 bits per heavy atom. The number of benzene rings is 1. The summed E-state index contributed by atoms with van der Waals surface area (Å²) < 4.78 is 13.2. The van der Waals surface area contributed by atoms with Crippen molar-refractivity contribution in [2.45, 2.75) is 37.6 Å². The van der Waals surface area contributed by atoms with E-state index < -0.39 is 11.4 Å². The van der Waals surface area contributed by atoms with Crippen molar-refractivity contribution in [3.05, 3.63) is 30.1 Å². The zero-order chi connectivity index (χ0) is 17.9. The van der Waals surface area contributed by atoms with Crippen LogP contribution in [0.4, 0.5) is 14.9 Å². The summed E-state index contributed by atoms with van der Waals surface area (Å²) in [6.07, 6.45) is 4.43. The van der Waals surface area contributed by atoms with Crippen molar-refractivity contribution in [2.24, 2.45) is 5.73 Å². The minimum absolute atomic E-state index is 0.276. The zero-order valence-corrected chi connectivity index (χ0v) is 14.3. The van der Waals surface area contributed by atoms with Crippen molar-refractivity contribution < 1.29 is 14.0 Å². The van der Waals surface area contributed by atoms with E-state index in [1.54, 1.807) is 17.0 Å². The molecule has 0 radical (unpaired) electrons. The van der Waals surface area contributed by atoms with Crippen LogP contribution in [0.25, 0.3) is 0 Å². The molecule has 0 spiro atoms. The average molecular weight is 348 g/mol. The van der Waals surface area contributed by atoms with Crippen molar-refractivity contribution in [3.63, 3.8) is 0 Å². The molecule has 3 N–H and O–H groups in total. The molecule has 2 heterocycles. The minimum Gasteiger partial charge on any atom is -0.368 e. The van der Waals surface area contributed by atoms with Crippen LogP contribution in [0.1, 0.15) is 32.1 Å². The van der Waals surface area contributed by atoms with Gasteiger partial charge in [-0.05, 0) is 57.0 Å². The summed E-state index contributed by atoms with van der Waals surface area (Å²) in [7, 11) is 0. The number of amides is 3. The number of hydrogen-bond donors (Lipinski definition) is 2. The predicted molar refractivity (Wildman–Crippen MR) is 93.6 cm³/mol. The predicted octanol–water partition coefficient (Wildman–Crippen LogP) is 2.16. The van der Waals surface area contributed by atoms with Crippen LogP contribution in [-0.4, -0.2) is 53.5 Å². The van der Waals surface area contributed by atoms with Gasteiger partial charge in [-0.3, -0.25) is 9.69 Å². The largest absolute Gasteiger partial charge is 0.368 e. The first-order chi connectivity index (χ1) is 12.0. The lowest BCUT2D eigenvalue weighted by Gasteiger charge is -2.48. The van der Waals surface area contributed by atoms with Gasteiger partial charge in [-0.15, -0.1) is 0 Å². The quantitative estimate of drug-likeness (QED) is 0.879. The Balaban J connectivity index is 1.63. The summed E-state index contributed by atoms with van der Waals surface area (Å²) in [5.74, 6) is -0.686. The Kier molecular flexibility index (Phi) is 5.22. The van der Waals surface area contributed by atoms with E-state index in [9.17, 15) is 14.0 Å². The third-order valence-electron chi connectivity index (χ3n) is 5.37. The highest BCUT2D eigenvalue weighted by Gasteiger charge is 2.45. The number of hydrogen-bond acceptors (Lipinski definition) is 3. The first-order valence-electron chi connectivity index (χ1n) is 8.88. The van der Waals surface area contributed by atoms with E-state index in [1.165, 1.54) is 18.6 Å². The minimum atomic E-state index is -0.643. The Bertz CT molecular complexity index is 638. The number of likely N-dealkylation sites (tertiary alicyclic amines) is 2. The van der Waals surface area contributed by atoms with Crippen molar-refractivity contribution in [1.29, 1.82) is 0 Å². The first kappa shape index (κ1) is 17.7. The van der Waals surface area contributed by atoms with Crippen LogP contribution in [-0.2, 0) is 4.79 Å². The maximum Gasteiger partial charge on any atom is 0.321 e. The highest BCUT2D eigenvalue weighted by Crippen LogP contribution is 2.31. The lowest BCUT2D eigenvalue weighted by molar-refractivity contribution is -0.134. The van der Waals surface area contributed by atoms with E-state index in [0.717, 1.165) is 25.9 Å². The van der Waals surface area contributed by atoms with E-state index in [1.807, 2.05) is 0 Å². The second-order valence-electron chi connectivity index (χ2n) is 6.87. The molecule has 0 bridgehead atoms. The topological polar surface area (TPSA) is 78.7 Å². The number of primary amides is 1. The third kappa shape index (κ3) is 3.76. The molecular formula is C18H25FN4O2. The van der Waals surface area contributed by atoms with Gasteiger partial charge in [0.1, 0.15) is 11.4 Å². The Hall–Kier alpha value is -2.15. The van der Waals surface area contributed by atoms with Crippen molar-refractivity contribution in [3.8, 4) is 0 Å². The molecule has 0 atom stereocenters. The van der Waals surface area contributed by atoms with Crippen molar-refractivity contribution >= 4 is 17.6 Å². The maximum absolute atomic E-state index is 13.2. The number of rotatable bonds is 3. The number of nitrogens with one attached hydrogen (secondary N) is 1. The second kappa shape index (κ2) is 7.39. The molecule has 2 saturated heterocycles. The summed E-state index contributed by atoms with van der Waals surface area (Å²) in [5, 5.41) is 2.71.